The van der Waals surface area contributed by atoms with E-state index in [2.05, 4.69) is 10.6 Å². The molecule has 0 saturated heterocycles. The molecule has 0 aliphatic heterocycles. The molecular formula is C14H17FN2O3. The molecule has 5 nitrogen and oxygen atoms in total. The molecule has 1 aliphatic carbocycles. The van der Waals surface area contributed by atoms with Crippen LogP contribution in [0.25, 0.3) is 0 Å². The molecule has 0 spiro atoms. The third-order valence-electron chi connectivity index (χ3n) is 3.33. The third-order valence-corrected chi connectivity index (χ3v) is 3.33. The number of carbonyl (C=O) groups is 2. The lowest BCUT2D eigenvalue weighted by Crippen LogP contribution is -2.42. The summed E-state index contributed by atoms with van der Waals surface area (Å²) in [5, 5.41) is 14.1. The highest BCUT2D eigenvalue weighted by Crippen LogP contribution is 2.25. The molecule has 0 radical (unpaired) electrons. The van der Waals surface area contributed by atoms with E-state index in [1.54, 1.807) is 6.07 Å². The Kier molecular flexibility index (Phi) is 4.68. The standard InChI is InChI=1S/C14H17FN2O3/c15-12-4-2-1-3-11(12)14(20)17-8-13(19)16-7-9-5-10(18)6-9/h1-4,9-10,18H,5-8H2,(H,16,19)(H,17,20). The van der Waals surface area contributed by atoms with Crippen molar-refractivity contribution in [2.24, 2.45) is 5.92 Å². The average Bonchev–Trinajstić information content (AvgIpc) is 2.40. The second-order valence-electron chi connectivity index (χ2n) is 4.96. The molecule has 108 valence electrons. The van der Waals surface area contributed by atoms with Crippen molar-refractivity contribution < 1.29 is 19.1 Å². The Bertz CT molecular complexity index is 501. The van der Waals surface area contributed by atoms with Crippen molar-refractivity contribution in [2.75, 3.05) is 13.1 Å². The lowest BCUT2D eigenvalue weighted by molar-refractivity contribution is -0.120. The number of amides is 2. The molecule has 1 aliphatic rings. The van der Waals surface area contributed by atoms with Gasteiger partial charge >= 0.3 is 0 Å². The van der Waals surface area contributed by atoms with Crippen LogP contribution in [0.5, 0.6) is 0 Å². The quantitative estimate of drug-likeness (QED) is 0.732. The van der Waals surface area contributed by atoms with E-state index >= 15 is 0 Å². The summed E-state index contributed by atoms with van der Waals surface area (Å²) in [6.07, 6.45) is 1.14. The number of hydrogen-bond acceptors (Lipinski definition) is 3. The Morgan fingerprint density at radius 2 is 1.95 bits per heavy atom. The van der Waals surface area contributed by atoms with Crippen molar-refractivity contribution in [3.8, 4) is 0 Å². The van der Waals surface area contributed by atoms with E-state index in [4.69, 9.17) is 5.11 Å². The van der Waals surface area contributed by atoms with Crippen LogP contribution in [0.1, 0.15) is 23.2 Å². The van der Waals surface area contributed by atoms with Crippen molar-refractivity contribution in [2.45, 2.75) is 18.9 Å². The van der Waals surface area contributed by atoms with Crippen LogP contribution in [-0.2, 0) is 4.79 Å². The van der Waals surface area contributed by atoms with Crippen LogP contribution in [0, 0.1) is 11.7 Å². The number of nitrogens with one attached hydrogen (secondary N) is 2. The minimum atomic E-state index is -0.617. The number of carbonyl (C=O) groups excluding carboxylic acids is 2. The van der Waals surface area contributed by atoms with Gasteiger partial charge in [-0.25, -0.2) is 4.39 Å². The van der Waals surface area contributed by atoms with Crippen molar-refractivity contribution >= 4 is 11.8 Å². The lowest BCUT2D eigenvalue weighted by Gasteiger charge is -2.31. The topological polar surface area (TPSA) is 78.4 Å². The molecular weight excluding hydrogens is 263 g/mol. The van der Waals surface area contributed by atoms with Crippen LogP contribution in [-0.4, -0.2) is 36.1 Å². The lowest BCUT2D eigenvalue weighted by atomic mass is 9.82. The number of hydrogen-bond donors (Lipinski definition) is 3. The highest BCUT2D eigenvalue weighted by Gasteiger charge is 2.27. The Hall–Kier alpha value is -1.95. The van der Waals surface area contributed by atoms with Gasteiger partial charge in [-0.1, -0.05) is 12.1 Å². The van der Waals surface area contributed by atoms with Crippen molar-refractivity contribution in [3.63, 3.8) is 0 Å². The van der Waals surface area contributed by atoms with Crippen molar-refractivity contribution in [1.29, 1.82) is 0 Å². The van der Waals surface area contributed by atoms with E-state index in [0.717, 1.165) is 0 Å². The summed E-state index contributed by atoms with van der Waals surface area (Å²) in [7, 11) is 0. The molecule has 1 saturated carbocycles. The SMILES string of the molecule is O=C(CNC(=O)c1ccccc1F)NCC1CC(O)C1. The molecule has 0 unspecified atom stereocenters. The first-order valence-corrected chi connectivity index (χ1v) is 6.53. The normalized spacial score (nSPS) is 20.9. The highest BCUT2D eigenvalue weighted by molar-refractivity contribution is 5.96. The van der Waals surface area contributed by atoms with Crippen LogP contribution >= 0.6 is 0 Å². The summed E-state index contributed by atoms with van der Waals surface area (Å²) in [5.41, 5.74) is -0.0811. The Morgan fingerprint density at radius 1 is 1.25 bits per heavy atom. The van der Waals surface area contributed by atoms with Gasteiger partial charge in [-0.05, 0) is 30.9 Å². The predicted octanol–water partition coefficient (Wildman–Crippen LogP) is 0.443. The zero-order chi connectivity index (χ0) is 14.5. The first-order valence-electron chi connectivity index (χ1n) is 6.53. The van der Waals surface area contributed by atoms with Crippen molar-refractivity contribution in [1.82, 2.24) is 10.6 Å². The molecule has 1 aromatic carbocycles. The van der Waals surface area contributed by atoms with Gasteiger partial charge in [0, 0.05) is 6.54 Å². The Balaban J connectivity index is 1.70. The number of benzene rings is 1. The second kappa shape index (κ2) is 6.47. The third kappa shape index (κ3) is 3.77. The number of rotatable bonds is 5. The molecule has 0 heterocycles. The molecule has 0 bridgehead atoms. The minimum Gasteiger partial charge on any atom is -0.393 e. The van der Waals surface area contributed by atoms with Gasteiger partial charge in [0.1, 0.15) is 5.82 Å². The fourth-order valence-electron chi connectivity index (χ4n) is 2.09. The minimum absolute atomic E-state index is 0.0811. The fraction of sp³-hybridized carbons (Fsp3) is 0.429. The maximum atomic E-state index is 13.3. The summed E-state index contributed by atoms with van der Waals surface area (Å²) in [4.78, 5) is 23.2. The van der Waals surface area contributed by atoms with E-state index < -0.39 is 11.7 Å². The largest absolute Gasteiger partial charge is 0.393 e. The average molecular weight is 280 g/mol. The van der Waals surface area contributed by atoms with Gasteiger partial charge in [0.15, 0.2) is 0 Å². The molecule has 6 heteroatoms. The Morgan fingerprint density at radius 3 is 2.60 bits per heavy atom. The monoisotopic (exact) mass is 280 g/mol. The van der Waals surface area contributed by atoms with Crippen LogP contribution in [0.4, 0.5) is 4.39 Å². The summed E-state index contributed by atoms with van der Waals surface area (Å²) < 4.78 is 13.3. The van der Waals surface area contributed by atoms with Gasteiger partial charge in [-0.15, -0.1) is 0 Å². The molecule has 2 amide bonds. The molecule has 0 aromatic heterocycles. The second-order valence-corrected chi connectivity index (χ2v) is 4.96. The van der Waals surface area contributed by atoms with E-state index in [1.807, 2.05) is 0 Å². The number of aliphatic hydroxyl groups excluding tert-OH is 1. The predicted molar refractivity (Wildman–Crippen MR) is 70.5 cm³/mol. The van der Waals surface area contributed by atoms with Crippen LogP contribution < -0.4 is 10.6 Å². The zero-order valence-corrected chi connectivity index (χ0v) is 10.9. The maximum Gasteiger partial charge on any atom is 0.254 e. The summed E-state index contributed by atoms with van der Waals surface area (Å²) in [6.45, 7) is 0.300. The molecule has 1 fully saturated rings. The van der Waals surface area contributed by atoms with Crippen LogP contribution in [0.2, 0.25) is 0 Å². The number of halogens is 1. The fourth-order valence-corrected chi connectivity index (χ4v) is 2.09. The van der Waals surface area contributed by atoms with Gasteiger partial charge in [0.05, 0.1) is 18.2 Å². The number of aliphatic hydroxyl groups is 1. The molecule has 1 aromatic rings. The van der Waals surface area contributed by atoms with Gasteiger partial charge in [0.2, 0.25) is 5.91 Å². The van der Waals surface area contributed by atoms with Gasteiger partial charge in [0.25, 0.3) is 5.91 Å². The smallest absolute Gasteiger partial charge is 0.254 e. The first-order chi connectivity index (χ1) is 9.56. The van der Waals surface area contributed by atoms with Crippen molar-refractivity contribution in [3.05, 3.63) is 35.6 Å². The highest BCUT2D eigenvalue weighted by atomic mass is 19.1. The first kappa shape index (κ1) is 14.5. The van der Waals surface area contributed by atoms with E-state index in [9.17, 15) is 14.0 Å². The van der Waals surface area contributed by atoms with E-state index in [1.165, 1.54) is 18.2 Å². The summed E-state index contributed by atoms with van der Waals surface area (Å²) >= 11 is 0. The molecule has 0 atom stereocenters. The van der Waals surface area contributed by atoms with E-state index in [0.29, 0.717) is 25.3 Å². The van der Waals surface area contributed by atoms with Gasteiger partial charge < -0.3 is 15.7 Å². The molecule has 20 heavy (non-hydrogen) atoms. The summed E-state index contributed by atoms with van der Waals surface area (Å²) in [5.74, 6) is -1.25. The Labute approximate surface area is 116 Å². The molecule has 2 rings (SSSR count). The van der Waals surface area contributed by atoms with E-state index in [-0.39, 0.29) is 24.1 Å². The van der Waals surface area contributed by atoms with Gasteiger partial charge in [-0.2, -0.15) is 0 Å². The summed E-state index contributed by atoms with van der Waals surface area (Å²) in [6, 6.07) is 5.60. The van der Waals surface area contributed by atoms with Crippen LogP contribution in [0.15, 0.2) is 24.3 Å². The zero-order valence-electron chi connectivity index (χ0n) is 10.9. The van der Waals surface area contributed by atoms with Gasteiger partial charge in [-0.3, -0.25) is 9.59 Å². The van der Waals surface area contributed by atoms with Crippen LogP contribution in [0.3, 0.4) is 0 Å². The molecule has 3 N–H and O–H groups in total. The maximum absolute atomic E-state index is 13.3.